The molecule has 29 heavy (non-hydrogen) atoms. The number of fused-ring (bicyclic) bond motifs is 1. The van der Waals surface area contributed by atoms with E-state index in [1.54, 1.807) is 25.7 Å². The molecule has 9 heteroatoms. The Balaban J connectivity index is 2.10. The molecule has 0 bridgehead atoms. The molecule has 0 atom stereocenters. The molecule has 0 amide bonds. The molecule has 3 rings (SSSR count). The molecule has 0 N–H and O–H groups in total. The molecule has 0 radical (unpaired) electrons. The van der Waals surface area contributed by atoms with Gasteiger partial charge in [-0.2, -0.15) is 0 Å². The van der Waals surface area contributed by atoms with E-state index in [0.717, 1.165) is 39.5 Å². The van der Waals surface area contributed by atoms with Gasteiger partial charge in [-0.15, -0.1) is 0 Å². The second kappa shape index (κ2) is 8.96. The van der Waals surface area contributed by atoms with Gasteiger partial charge in [0.25, 0.3) is 0 Å². The molecule has 152 valence electrons. The van der Waals surface area contributed by atoms with Crippen molar-refractivity contribution in [2.45, 2.75) is 18.1 Å². The molecule has 0 saturated carbocycles. The van der Waals surface area contributed by atoms with Crippen molar-refractivity contribution in [3.63, 3.8) is 0 Å². The summed E-state index contributed by atoms with van der Waals surface area (Å²) in [5.74, 6) is 0.877. The number of hydrogen-bond donors (Lipinski definition) is 0. The van der Waals surface area contributed by atoms with Gasteiger partial charge in [-0.1, -0.05) is 0 Å². The topological polar surface area (TPSA) is 65.1 Å². The van der Waals surface area contributed by atoms with Gasteiger partial charge in [0.2, 0.25) is 0 Å². The summed E-state index contributed by atoms with van der Waals surface area (Å²) in [4.78, 5) is 32.1. The molecule has 7 nitrogen and oxygen atoms in total. The number of rotatable bonds is 8. The van der Waals surface area contributed by atoms with Crippen LogP contribution in [0.25, 0.3) is 11.2 Å². The Hall–Kier alpha value is -2.39. The number of benzene rings is 1. The minimum absolute atomic E-state index is 0.324. The first-order valence-electron chi connectivity index (χ1n) is 9.48. The van der Waals surface area contributed by atoms with E-state index in [9.17, 15) is 9.59 Å². The van der Waals surface area contributed by atoms with Gasteiger partial charge in [-0.3, -0.25) is 0 Å². The summed E-state index contributed by atoms with van der Waals surface area (Å²) in [6.45, 7) is 7.11. The first-order chi connectivity index (χ1) is 13.8. The van der Waals surface area contributed by atoms with Crippen molar-refractivity contribution in [1.29, 1.82) is 0 Å². The van der Waals surface area contributed by atoms with Crippen molar-refractivity contribution in [3.05, 3.63) is 50.7 Å². The van der Waals surface area contributed by atoms with Crippen LogP contribution >= 0.6 is 11.8 Å². The minimum atomic E-state index is -0.370. The van der Waals surface area contributed by atoms with E-state index in [1.807, 2.05) is 42.9 Å². The molecule has 2 heterocycles. The summed E-state index contributed by atoms with van der Waals surface area (Å²) >= 11 is 1.61. The van der Waals surface area contributed by atoms with Crippen molar-refractivity contribution in [2.24, 2.45) is 14.1 Å². The van der Waals surface area contributed by atoms with Gasteiger partial charge in [0.15, 0.2) is 0 Å². The summed E-state index contributed by atoms with van der Waals surface area (Å²) in [6, 6.07) is 8.03. The van der Waals surface area contributed by atoms with E-state index in [1.165, 1.54) is 11.6 Å². The standard InChI is InChI=1S/C20H26BN5O2S/c1-21-15-9-6-8-14(12-15)13-26-16-17(24(4)20(28)25(5)18(16)27)22-19(26)29-11-7-10-23(2)3/h6,8-9,12H,1,7,10-11,13H2,2-5H3. The molecule has 0 saturated heterocycles. The van der Waals surface area contributed by atoms with Crippen LogP contribution in [0.3, 0.4) is 0 Å². The second-order valence-corrected chi connectivity index (χ2v) is 8.38. The van der Waals surface area contributed by atoms with Crippen molar-refractivity contribution < 1.29 is 0 Å². The van der Waals surface area contributed by atoms with Crippen molar-refractivity contribution in [1.82, 2.24) is 23.6 Å². The third-order valence-corrected chi connectivity index (χ3v) is 5.88. The van der Waals surface area contributed by atoms with Gasteiger partial charge in [-0.05, 0) is 0 Å². The molecule has 1 aromatic carbocycles. The normalized spacial score (nSPS) is 11.3. The monoisotopic (exact) mass is 411 g/mol. The average Bonchev–Trinajstić information content (AvgIpc) is 3.06. The quantitative estimate of drug-likeness (QED) is 0.303. The predicted octanol–water partition coefficient (Wildman–Crippen LogP) is 0.287. The molecular formula is C20H26BN5O2S. The SMILES string of the molecule is C=Bc1cccc(Cn2c(SCCCN(C)C)nc3c2c(=O)n(C)c(=O)n3C)c1. The summed E-state index contributed by atoms with van der Waals surface area (Å²) in [7, 11) is 7.25. The first-order valence-corrected chi connectivity index (χ1v) is 10.5. The third-order valence-electron chi connectivity index (χ3n) is 4.82. The van der Waals surface area contributed by atoms with E-state index >= 15 is 0 Å². The van der Waals surface area contributed by atoms with Crippen LogP contribution in [0.15, 0.2) is 39.0 Å². The third kappa shape index (κ3) is 4.46. The van der Waals surface area contributed by atoms with Crippen LogP contribution in [0.1, 0.15) is 12.0 Å². The predicted molar refractivity (Wildman–Crippen MR) is 122 cm³/mol. The fraction of sp³-hybridized carbons (Fsp3) is 0.400. The Labute approximate surface area is 174 Å². The molecule has 2 aromatic heterocycles. The van der Waals surface area contributed by atoms with Crippen molar-refractivity contribution >= 4 is 41.8 Å². The fourth-order valence-corrected chi connectivity index (χ4v) is 4.15. The number of hydrogen-bond acceptors (Lipinski definition) is 5. The van der Waals surface area contributed by atoms with E-state index in [-0.39, 0.29) is 11.2 Å². The maximum absolute atomic E-state index is 12.9. The van der Waals surface area contributed by atoms with E-state index < -0.39 is 0 Å². The molecule has 0 unspecified atom stereocenters. The Kier molecular flexibility index (Phi) is 6.59. The number of imidazole rings is 1. The zero-order valence-electron chi connectivity index (χ0n) is 17.4. The van der Waals surface area contributed by atoms with Crippen molar-refractivity contribution in [2.75, 3.05) is 26.4 Å². The zero-order valence-corrected chi connectivity index (χ0v) is 18.2. The van der Waals surface area contributed by atoms with Crippen LogP contribution in [-0.4, -0.2) is 63.4 Å². The average molecular weight is 411 g/mol. The van der Waals surface area contributed by atoms with Crippen LogP contribution in [0.5, 0.6) is 0 Å². The Bertz CT molecular complexity index is 1160. The molecule has 0 spiro atoms. The van der Waals surface area contributed by atoms with E-state index in [2.05, 4.69) is 16.4 Å². The van der Waals surface area contributed by atoms with Gasteiger partial charge < -0.3 is 0 Å². The molecule has 3 aromatic rings. The van der Waals surface area contributed by atoms with E-state index in [4.69, 9.17) is 0 Å². The van der Waals surface area contributed by atoms with Gasteiger partial charge in [0.05, 0.1) is 0 Å². The molecule has 0 aliphatic carbocycles. The Morgan fingerprint density at radius 2 is 1.97 bits per heavy atom. The van der Waals surface area contributed by atoms with Crippen LogP contribution < -0.4 is 16.7 Å². The summed E-state index contributed by atoms with van der Waals surface area (Å²) in [5.41, 5.74) is 2.25. The van der Waals surface area contributed by atoms with Gasteiger partial charge >= 0.3 is 175 Å². The number of aryl methyl sites for hydroxylation is 1. The summed E-state index contributed by atoms with van der Waals surface area (Å²) in [5, 5.41) is 0.751. The van der Waals surface area contributed by atoms with E-state index in [0.29, 0.717) is 17.7 Å². The molecular weight excluding hydrogens is 385 g/mol. The Morgan fingerprint density at radius 3 is 2.66 bits per heavy atom. The van der Waals surface area contributed by atoms with Gasteiger partial charge in [0.1, 0.15) is 0 Å². The number of nitrogens with zero attached hydrogens (tertiary/aromatic N) is 5. The first kappa shape index (κ1) is 21.3. The Morgan fingerprint density at radius 1 is 1.21 bits per heavy atom. The van der Waals surface area contributed by atoms with Crippen LogP contribution in [0.2, 0.25) is 0 Å². The van der Waals surface area contributed by atoms with Crippen molar-refractivity contribution in [3.8, 4) is 0 Å². The summed E-state index contributed by atoms with van der Waals surface area (Å²) < 4.78 is 4.51. The molecule has 0 fully saturated rings. The summed E-state index contributed by atoms with van der Waals surface area (Å²) in [6.07, 6.45) is 1.00. The van der Waals surface area contributed by atoms with Crippen LogP contribution in [0.4, 0.5) is 0 Å². The second-order valence-electron chi connectivity index (χ2n) is 7.31. The van der Waals surface area contributed by atoms with Crippen LogP contribution in [-0.2, 0) is 20.6 Å². The molecule has 0 aliphatic rings. The molecule has 0 aliphatic heterocycles. The van der Waals surface area contributed by atoms with Crippen LogP contribution in [0, 0.1) is 0 Å². The zero-order chi connectivity index (χ0) is 21.1. The number of aromatic nitrogens is 4. The fourth-order valence-electron chi connectivity index (χ4n) is 3.23. The van der Waals surface area contributed by atoms with Gasteiger partial charge in [-0.25, -0.2) is 0 Å². The number of thioether (sulfide) groups is 1. The van der Waals surface area contributed by atoms with Gasteiger partial charge in [0, 0.05) is 0 Å². The maximum atomic E-state index is 12.9.